The number of benzene rings is 3. The molecule has 3 aromatic carbocycles. The topological polar surface area (TPSA) is 129 Å². The second-order valence-corrected chi connectivity index (χ2v) is 10.7. The maximum Gasteiger partial charge on any atom is 0.469 e. The summed E-state index contributed by atoms with van der Waals surface area (Å²) < 4.78 is 91.1. The molecule has 0 aromatic heterocycles. The number of hydrogen-bond acceptors (Lipinski definition) is 5. The average Bonchev–Trinajstić information content (AvgIpc) is 2.93. The summed E-state index contributed by atoms with van der Waals surface area (Å²) in [4.78, 5) is 46.3. The molecular formula is C27H25F5N3O7P. The minimum atomic E-state index is -4.80. The van der Waals surface area contributed by atoms with Gasteiger partial charge in [-0.1, -0.05) is 6.07 Å². The van der Waals surface area contributed by atoms with E-state index in [4.69, 9.17) is 14.5 Å². The first-order valence-electron chi connectivity index (χ1n) is 12.6. The Hall–Kier alpha value is -4.04. The molecule has 16 heteroatoms. The fraction of sp³-hybridized carbons (Fsp3) is 0.259. The first-order chi connectivity index (χ1) is 20.2. The van der Waals surface area contributed by atoms with Gasteiger partial charge < -0.3 is 24.7 Å². The Morgan fingerprint density at radius 2 is 1.65 bits per heavy atom. The number of ether oxygens (including phenoxy) is 1. The van der Waals surface area contributed by atoms with Crippen molar-refractivity contribution in [2.24, 2.45) is 0 Å². The molecule has 10 nitrogen and oxygen atoms in total. The molecule has 0 spiro atoms. The first kappa shape index (κ1) is 31.9. The number of phosphoric ester groups is 1. The highest BCUT2D eigenvalue weighted by Crippen LogP contribution is 2.39. The van der Waals surface area contributed by atoms with E-state index in [-0.39, 0.29) is 17.0 Å². The van der Waals surface area contributed by atoms with Crippen LogP contribution in [0.1, 0.15) is 40.0 Å². The van der Waals surface area contributed by atoms with Crippen LogP contribution in [0.25, 0.3) is 0 Å². The van der Waals surface area contributed by atoms with Gasteiger partial charge in [0.15, 0.2) is 11.6 Å². The third-order valence-corrected chi connectivity index (χ3v) is 7.27. The highest BCUT2D eigenvalue weighted by atomic mass is 31.2. The number of carbonyl (C=O) groups is 2. The highest BCUT2D eigenvalue weighted by molar-refractivity contribution is 7.46. The fourth-order valence-electron chi connectivity index (χ4n) is 4.43. The van der Waals surface area contributed by atoms with E-state index in [2.05, 4.69) is 9.84 Å². The van der Waals surface area contributed by atoms with Gasteiger partial charge in [0.2, 0.25) is 0 Å². The molecule has 0 aliphatic carbocycles. The quantitative estimate of drug-likeness (QED) is 0.165. The van der Waals surface area contributed by atoms with Gasteiger partial charge >= 0.3 is 13.9 Å². The number of halogens is 5. The minimum absolute atomic E-state index is 0.0398. The van der Waals surface area contributed by atoms with Crippen LogP contribution in [-0.2, 0) is 22.2 Å². The van der Waals surface area contributed by atoms with Crippen LogP contribution in [0.5, 0.6) is 5.75 Å². The van der Waals surface area contributed by atoms with Gasteiger partial charge in [-0.05, 0) is 36.8 Å². The molecule has 43 heavy (non-hydrogen) atoms. The SMILES string of the molecule is CC1c2ccc(C(=O)NCc3c(F)cc(F)cc3F)cc2N(Cc2c(OCCOP(=O)(O)O)ccc(F)c2F)C(=O)N1C. The van der Waals surface area contributed by atoms with Crippen molar-refractivity contribution < 1.29 is 55.2 Å². The van der Waals surface area contributed by atoms with Gasteiger partial charge in [-0.25, -0.2) is 31.3 Å². The van der Waals surface area contributed by atoms with Crippen LogP contribution in [0.2, 0.25) is 0 Å². The van der Waals surface area contributed by atoms with Crippen molar-refractivity contribution in [1.29, 1.82) is 0 Å². The number of urea groups is 1. The zero-order valence-electron chi connectivity index (χ0n) is 22.6. The van der Waals surface area contributed by atoms with Gasteiger partial charge in [0.1, 0.15) is 29.8 Å². The maximum absolute atomic E-state index is 15.0. The second kappa shape index (κ2) is 12.7. The Labute approximate surface area is 241 Å². The van der Waals surface area contributed by atoms with E-state index in [0.717, 1.165) is 17.0 Å². The van der Waals surface area contributed by atoms with Crippen LogP contribution in [0.4, 0.5) is 32.4 Å². The zero-order valence-corrected chi connectivity index (χ0v) is 23.5. The molecule has 0 radical (unpaired) electrons. The summed E-state index contributed by atoms with van der Waals surface area (Å²) >= 11 is 0. The Morgan fingerprint density at radius 1 is 0.977 bits per heavy atom. The molecule has 1 atom stereocenters. The standard InChI is InChI=1S/C27H25F5N3O7P/c1-14-17-4-3-15(26(36)33-12-18-21(30)10-16(28)11-22(18)31)9-23(17)35(27(37)34(14)2)13-19-24(6-5-20(29)25(19)32)41-7-8-42-43(38,39)40/h3-6,9-11,14H,7-8,12-13H2,1-2H3,(H,33,36)(H2,38,39,40). The van der Waals surface area contributed by atoms with Gasteiger partial charge in [-0.2, -0.15) is 0 Å². The van der Waals surface area contributed by atoms with Crippen molar-refractivity contribution in [1.82, 2.24) is 10.2 Å². The van der Waals surface area contributed by atoms with Crippen LogP contribution in [0, 0.1) is 29.1 Å². The lowest BCUT2D eigenvalue weighted by Gasteiger charge is -2.40. The van der Waals surface area contributed by atoms with Crippen molar-refractivity contribution in [3.05, 3.63) is 93.8 Å². The zero-order chi connectivity index (χ0) is 31.6. The summed E-state index contributed by atoms with van der Waals surface area (Å²) in [5.74, 6) is -7.14. The van der Waals surface area contributed by atoms with E-state index in [9.17, 15) is 31.7 Å². The molecule has 3 N–H and O–H groups in total. The molecule has 0 saturated carbocycles. The number of phosphoric acid groups is 1. The lowest BCUT2D eigenvalue weighted by molar-refractivity contribution is 0.0950. The minimum Gasteiger partial charge on any atom is -0.491 e. The molecular weight excluding hydrogens is 604 g/mol. The summed E-state index contributed by atoms with van der Waals surface area (Å²) in [5.41, 5.74) is -0.331. The van der Waals surface area contributed by atoms with Crippen molar-refractivity contribution >= 4 is 25.4 Å². The summed E-state index contributed by atoms with van der Waals surface area (Å²) in [7, 11) is -3.32. The van der Waals surface area contributed by atoms with E-state index in [0.29, 0.717) is 17.7 Å². The number of fused-ring (bicyclic) bond motifs is 1. The van der Waals surface area contributed by atoms with Crippen molar-refractivity contribution in [3.8, 4) is 5.75 Å². The van der Waals surface area contributed by atoms with Gasteiger partial charge in [0, 0.05) is 36.9 Å². The summed E-state index contributed by atoms with van der Waals surface area (Å²) in [5, 5.41) is 2.33. The molecule has 1 heterocycles. The predicted octanol–water partition coefficient (Wildman–Crippen LogP) is 4.93. The smallest absolute Gasteiger partial charge is 0.469 e. The van der Waals surface area contributed by atoms with E-state index in [1.807, 2.05) is 0 Å². The van der Waals surface area contributed by atoms with Crippen LogP contribution < -0.4 is 15.0 Å². The van der Waals surface area contributed by atoms with Gasteiger partial charge in [0.25, 0.3) is 5.91 Å². The molecule has 1 aliphatic rings. The lowest BCUT2D eigenvalue weighted by atomic mass is 9.98. The van der Waals surface area contributed by atoms with Crippen LogP contribution in [0.3, 0.4) is 0 Å². The number of hydrogen-bond donors (Lipinski definition) is 3. The Kier molecular flexibility index (Phi) is 9.40. The highest BCUT2D eigenvalue weighted by Gasteiger charge is 2.35. The number of amides is 3. The largest absolute Gasteiger partial charge is 0.491 e. The molecule has 1 aliphatic heterocycles. The van der Waals surface area contributed by atoms with Gasteiger partial charge in [-0.3, -0.25) is 14.2 Å². The normalized spacial score (nSPS) is 15.0. The van der Waals surface area contributed by atoms with Crippen molar-refractivity contribution in [3.63, 3.8) is 0 Å². The number of anilines is 1. The third kappa shape index (κ3) is 7.13. The Morgan fingerprint density at radius 3 is 2.30 bits per heavy atom. The second-order valence-electron chi connectivity index (χ2n) is 9.47. The third-order valence-electron chi connectivity index (χ3n) is 6.75. The van der Waals surface area contributed by atoms with Crippen LogP contribution in [0.15, 0.2) is 42.5 Å². The summed E-state index contributed by atoms with van der Waals surface area (Å²) in [6.45, 7) is -0.538. The maximum atomic E-state index is 15.0. The molecule has 1 unspecified atom stereocenters. The molecule has 230 valence electrons. The summed E-state index contributed by atoms with van der Waals surface area (Å²) in [6, 6.07) is 5.87. The van der Waals surface area contributed by atoms with Crippen molar-refractivity contribution in [2.45, 2.75) is 26.1 Å². The number of nitrogens with zero attached hydrogens (tertiary/aromatic N) is 2. The predicted molar refractivity (Wildman–Crippen MR) is 142 cm³/mol. The number of carbonyl (C=O) groups excluding carboxylic acids is 2. The van der Waals surface area contributed by atoms with E-state index in [1.165, 1.54) is 30.1 Å². The summed E-state index contributed by atoms with van der Waals surface area (Å²) in [6.07, 6.45) is 0. The van der Waals surface area contributed by atoms with Crippen LogP contribution in [-0.4, -0.2) is 46.9 Å². The number of nitrogens with one attached hydrogen (secondary N) is 1. The molecule has 0 fully saturated rings. The molecule has 0 saturated heterocycles. The molecule has 3 aromatic rings. The Balaban J connectivity index is 1.63. The van der Waals surface area contributed by atoms with Gasteiger partial charge in [-0.15, -0.1) is 0 Å². The number of rotatable bonds is 10. The molecule has 0 bridgehead atoms. The monoisotopic (exact) mass is 629 g/mol. The molecule has 3 amide bonds. The fourth-order valence-corrected chi connectivity index (χ4v) is 4.74. The van der Waals surface area contributed by atoms with E-state index in [1.54, 1.807) is 6.92 Å². The van der Waals surface area contributed by atoms with E-state index < -0.39 is 92.3 Å². The van der Waals surface area contributed by atoms with Gasteiger partial charge in [0.05, 0.1) is 30.4 Å². The van der Waals surface area contributed by atoms with Crippen LogP contribution >= 0.6 is 7.82 Å². The van der Waals surface area contributed by atoms with Crippen molar-refractivity contribution in [2.75, 3.05) is 25.2 Å². The Bertz CT molecular complexity index is 1600. The lowest BCUT2D eigenvalue weighted by Crippen LogP contribution is -2.46. The average molecular weight is 629 g/mol. The van der Waals surface area contributed by atoms with E-state index >= 15 is 4.39 Å². The molecule has 4 rings (SSSR count). The first-order valence-corrected chi connectivity index (χ1v) is 14.1.